The minimum Gasteiger partial charge on any atom is -0.339 e. The number of H-pyrrole nitrogens is 1. The third-order valence-corrected chi connectivity index (χ3v) is 5.77. The summed E-state index contributed by atoms with van der Waals surface area (Å²) < 4.78 is 1.65. The second-order valence-electron chi connectivity index (χ2n) is 7.83. The molecule has 7 nitrogen and oxygen atoms in total. The number of amides is 1. The van der Waals surface area contributed by atoms with Gasteiger partial charge in [0.05, 0.1) is 11.9 Å². The first-order chi connectivity index (χ1) is 15.7. The number of fused-ring (bicyclic) bond motifs is 1. The molecule has 0 fully saturated rings. The summed E-state index contributed by atoms with van der Waals surface area (Å²) >= 11 is 0. The summed E-state index contributed by atoms with van der Waals surface area (Å²) in [5, 5.41) is 4.75. The number of carbonyl (C=O) groups is 1. The van der Waals surface area contributed by atoms with Gasteiger partial charge in [0.2, 0.25) is 5.91 Å². The monoisotopic (exact) mass is 425 g/mol. The van der Waals surface area contributed by atoms with Crippen LogP contribution in [0.1, 0.15) is 24.2 Å². The Labute approximate surface area is 185 Å². The molecule has 3 heterocycles. The number of aryl methyl sites for hydroxylation is 1. The third-order valence-electron chi connectivity index (χ3n) is 5.77. The molecule has 160 valence electrons. The molecule has 2 aromatic carbocycles. The van der Waals surface area contributed by atoms with Crippen molar-refractivity contribution in [3.63, 3.8) is 0 Å². The van der Waals surface area contributed by atoms with E-state index >= 15 is 0 Å². The lowest BCUT2D eigenvalue weighted by Gasteiger charge is -2.26. The highest BCUT2D eigenvalue weighted by molar-refractivity contribution is 5.79. The summed E-state index contributed by atoms with van der Waals surface area (Å²) in [4.78, 5) is 34.5. The molecular weight excluding hydrogens is 402 g/mol. The van der Waals surface area contributed by atoms with E-state index in [4.69, 9.17) is 0 Å². The van der Waals surface area contributed by atoms with Crippen LogP contribution in [0.3, 0.4) is 0 Å². The Bertz CT molecular complexity index is 1340. The quantitative estimate of drug-likeness (QED) is 0.531. The zero-order valence-corrected chi connectivity index (χ0v) is 17.6. The normalized spacial score (nSPS) is 13.9. The van der Waals surface area contributed by atoms with Crippen molar-refractivity contribution in [2.75, 3.05) is 13.1 Å². The molecule has 0 aliphatic carbocycles. The van der Waals surface area contributed by atoms with Crippen molar-refractivity contribution < 1.29 is 4.79 Å². The number of benzene rings is 2. The fraction of sp³-hybridized carbons (Fsp3) is 0.200. The van der Waals surface area contributed by atoms with E-state index in [1.54, 1.807) is 4.68 Å². The van der Waals surface area contributed by atoms with Crippen molar-refractivity contribution >= 4 is 22.5 Å². The van der Waals surface area contributed by atoms with Crippen molar-refractivity contribution in [3.05, 3.63) is 94.7 Å². The topological polar surface area (TPSA) is 83.9 Å². The van der Waals surface area contributed by atoms with Crippen LogP contribution in [-0.4, -0.2) is 43.6 Å². The molecule has 5 rings (SSSR count). The first-order valence-corrected chi connectivity index (χ1v) is 10.7. The second kappa shape index (κ2) is 8.63. The van der Waals surface area contributed by atoms with Gasteiger partial charge in [-0.2, -0.15) is 5.10 Å². The Morgan fingerprint density at radius 2 is 1.78 bits per heavy atom. The second-order valence-corrected chi connectivity index (χ2v) is 7.83. The van der Waals surface area contributed by atoms with Gasteiger partial charge in [0, 0.05) is 25.9 Å². The maximum Gasteiger partial charge on any atom is 0.262 e. The summed E-state index contributed by atoms with van der Waals surface area (Å²) in [6.07, 6.45) is 5.15. The smallest absolute Gasteiger partial charge is 0.262 e. The summed E-state index contributed by atoms with van der Waals surface area (Å²) in [6.45, 7) is 1.30. The molecule has 0 unspecified atom stereocenters. The van der Waals surface area contributed by atoms with Gasteiger partial charge in [-0.1, -0.05) is 54.6 Å². The van der Waals surface area contributed by atoms with Gasteiger partial charge >= 0.3 is 0 Å². The van der Waals surface area contributed by atoms with Crippen molar-refractivity contribution in [1.29, 1.82) is 0 Å². The van der Waals surface area contributed by atoms with E-state index in [1.807, 2.05) is 53.4 Å². The molecule has 0 atom stereocenters. The molecule has 0 radical (unpaired) electrons. The highest BCUT2D eigenvalue weighted by atomic mass is 16.2. The zero-order valence-electron chi connectivity index (χ0n) is 17.6. The molecule has 0 saturated heterocycles. The highest BCUT2D eigenvalue weighted by Crippen LogP contribution is 2.22. The van der Waals surface area contributed by atoms with Gasteiger partial charge in [0.15, 0.2) is 5.65 Å². The molecule has 4 aromatic rings. The Kier molecular flexibility index (Phi) is 5.37. The van der Waals surface area contributed by atoms with Gasteiger partial charge in [-0.25, -0.2) is 9.67 Å². The highest BCUT2D eigenvalue weighted by Gasteiger charge is 2.19. The maximum atomic E-state index is 12.8. The average Bonchev–Trinajstić information content (AvgIpc) is 3.28. The predicted octanol–water partition coefficient (Wildman–Crippen LogP) is 3.36. The number of nitrogens with one attached hydrogen (secondary N) is 1. The fourth-order valence-electron chi connectivity index (χ4n) is 4.03. The number of carbonyl (C=O) groups excluding carboxylic acids is 1. The van der Waals surface area contributed by atoms with E-state index in [0.717, 1.165) is 12.1 Å². The molecule has 0 bridgehead atoms. The SMILES string of the molecule is O=C(CCc1nc2c(cnn2-c2ccccc2)c(=O)[nH]1)N1CC=C(c2ccccc2)CC1. The van der Waals surface area contributed by atoms with Crippen molar-refractivity contribution in [2.24, 2.45) is 0 Å². The molecular formula is C25H23N5O2. The van der Waals surface area contributed by atoms with E-state index in [-0.39, 0.29) is 11.5 Å². The lowest BCUT2D eigenvalue weighted by Crippen LogP contribution is -2.35. The molecule has 1 aliphatic rings. The number of para-hydroxylation sites is 1. The van der Waals surface area contributed by atoms with Crippen LogP contribution >= 0.6 is 0 Å². The third kappa shape index (κ3) is 3.97. The lowest BCUT2D eigenvalue weighted by atomic mass is 9.99. The molecule has 0 saturated carbocycles. The van der Waals surface area contributed by atoms with Crippen LogP contribution in [0.25, 0.3) is 22.3 Å². The Hall–Kier alpha value is -4.00. The molecule has 2 aromatic heterocycles. The fourth-order valence-corrected chi connectivity index (χ4v) is 4.03. The van der Waals surface area contributed by atoms with Gasteiger partial charge in [-0.3, -0.25) is 9.59 Å². The first kappa shape index (κ1) is 19.9. The van der Waals surface area contributed by atoms with Gasteiger partial charge in [-0.15, -0.1) is 0 Å². The van der Waals surface area contributed by atoms with Gasteiger partial charge in [-0.05, 0) is 29.7 Å². The lowest BCUT2D eigenvalue weighted by molar-refractivity contribution is -0.130. The summed E-state index contributed by atoms with van der Waals surface area (Å²) in [7, 11) is 0. The van der Waals surface area contributed by atoms with Crippen LogP contribution < -0.4 is 5.56 Å². The number of aromatic nitrogens is 4. The standard InChI is InChI=1S/C25H23N5O2/c31-23(29-15-13-19(14-16-29)18-7-3-1-4-8-18)12-11-22-27-24-21(25(32)28-22)17-26-30(24)20-9-5-2-6-10-20/h1-10,13,17H,11-12,14-16H2,(H,27,28,32). The van der Waals surface area contributed by atoms with Crippen molar-refractivity contribution in [1.82, 2.24) is 24.6 Å². The molecule has 1 aliphatic heterocycles. The van der Waals surface area contributed by atoms with E-state index in [2.05, 4.69) is 33.3 Å². The summed E-state index contributed by atoms with van der Waals surface area (Å²) in [5.74, 6) is 0.554. The number of rotatable bonds is 5. The van der Waals surface area contributed by atoms with Gasteiger partial charge < -0.3 is 9.88 Å². The maximum absolute atomic E-state index is 12.8. The summed E-state index contributed by atoms with van der Waals surface area (Å²) in [5.41, 5.74) is 3.57. The number of hydrogen-bond acceptors (Lipinski definition) is 4. The molecule has 0 spiro atoms. The molecule has 32 heavy (non-hydrogen) atoms. The molecule has 7 heteroatoms. The van der Waals surface area contributed by atoms with Crippen molar-refractivity contribution in [2.45, 2.75) is 19.3 Å². The first-order valence-electron chi connectivity index (χ1n) is 10.7. The molecule has 1 amide bonds. The van der Waals surface area contributed by atoms with Crippen LogP contribution in [0.2, 0.25) is 0 Å². The summed E-state index contributed by atoms with van der Waals surface area (Å²) in [6, 6.07) is 19.8. The number of aromatic amines is 1. The minimum absolute atomic E-state index is 0.0627. The van der Waals surface area contributed by atoms with E-state index in [9.17, 15) is 9.59 Å². The molecule has 1 N–H and O–H groups in total. The van der Waals surface area contributed by atoms with Gasteiger partial charge in [0.25, 0.3) is 5.56 Å². The number of nitrogens with zero attached hydrogens (tertiary/aromatic N) is 4. The van der Waals surface area contributed by atoms with E-state index in [0.29, 0.717) is 42.8 Å². The van der Waals surface area contributed by atoms with E-state index in [1.165, 1.54) is 17.3 Å². The van der Waals surface area contributed by atoms with Crippen LogP contribution in [0.15, 0.2) is 77.7 Å². The van der Waals surface area contributed by atoms with Crippen LogP contribution in [0.4, 0.5) is 0 Å². The van der Waals surface area contributed by atoms with Crippen LogP contribution in [0, 0.1) is 0 Å². The van der Waals surface area contributed by atoms with Gasteiger partial charge in [0.1, 0.15) is 11.2 Å². The number of hydrogen-bond donors (Lipinski definition) is 1. The largest absolute Gasteiger partial charge is 0.339 e. The Morgan fingerprint density at radius 3 is 2.50 bits per heavy atom. The van der Waals surface area contributed by atoms with E-state index < -0.39 is 0 Å². The Morgan fingerprint density at radius 1 is 1.03 bits per heavy atom. The van der Waals surface area contributed by atoms with Crippen LogP contribution in [0.5, 0.6) is 0 Å². The van der Waals surface area contributed by atoms with Crippen molar-refractivity contribution in [3.8, 4) is 5.69 Å². The minimum atomic E-state index is -0.243. The predicted molar refractivity (Wildman–Crippen MR) is 123 cm³/mol. The van der Waals surface area contributed by atoms with Crippen LogP contribution in [-0.2, 0) is 11.2 Å². The zero-order chi connectivity index (χ0) is 21.9. The average molecular weight is 425 g/mol. The Balaban J connectivity index is 1.29.